The second-order valence-electron chi connectivity index (χ2n) is 2.48. The Morgan fingerprint density at radius 3 is 2.92 bits per heavy atom. The summed E-state index contributed by atoms with van der Waals surface area (Å²) in [5.74, 6) is -1.07. The van der Waals surface area contributed by atoms with Crippen LogP contribution < -0.4 is 0 Å². The molecule has 1 atom stereocenters. The summed E-state index contributed by atoms with van der Waals surface area (Å²) >= 11 is 1.43. The maximum atomic E-state index is 10.4. The van der Waals surface area contributed by atoms with Crippen molar-refractivity contribution in [3.8, 4) is 0 Å². The summed E-state index contributed by atoms with van der Waals surface area (Å²) in [4.78, 5) is 10.4. The highest BCUT2D eigenvalue weighted by atomic mass is 32.2. The number of carboxylic acids is 1. The van der Waals surface area contributed by atoms with E-state index in [0.717, 1.165) is 0 Å². The average Bonchev–Trinajstić information content (AvgIpc) is 2.52. The van der Waals surface area contributed by atoms with Crippen LogP contribution in [0.15, 0.2) is 34.3 Å². The van der Waals surface area contributed by atoms with Crippen LogP contribution in [0.5, 0.6) is 0 Å². The van der Waals surface area contributed by atoms with Crippen molar-refractivity contribution >= 4 is 17.7 Å². The predicted octanol–water partition coefficient (Wildman–Crippen LogP) is 2.64. The fraction of sp³-hybridized carbons (Fsp3) is 0.222. The van der Waals surface area contributed by atoms with Gasteiger partial charge < -0.3 is 9.52 Å². The first-order valence-electron chi connectivity index (χ1n) is 3.76. The molecule has 1 heterocycles. The molecule has 3 nitrogen and oxygen atoms in total. The highest BCUT2D eigenvalue weighted by molar-refractivity contribution is 7.99. The largest absolute Gasteiger partial charge is 0.475 e. The molecular formula is C9H10O3S. The molecule has 0 aliphatic rings. The molecule has 0 amide bonds. The van der Waals surface area contributed by atoms with Crippen molar-refractivity contribution in [3.63, 3.8) is 0 Å². The lowest BCUT2D eigenvalue weighted by molar-refractivity contribution is 0.0656. The summed E-state index contributed by atoms with van der Waals surface area (Å²) < 4.78 is 5.03. The van der Waals surface area contributed by atoms with E-state index >= 15 is 0 Å². The fourth-order valence-electron chi connectivity index (χ4n) is 0.730. The molecule has 4 heteroatoms. The highest BCUT2D eigenvalue weighted by Gasteiger charge is 2.10. The van der Waals surface area contributed by atoms with Gasteiger partial charge in [0, 0.05) is 5.25 Å². The normalized spacial score (nSPS) is 12.4. The molecule has 1 N–H and O–H groups in total. The maximum absolute atomic E-state index is 10.4. The van der Waals surface area contributed by atoms with Gasteiger partial charge in [0.05, 0.1) is 0 Å². The van der Waals surface area contributed by atoms with Crippen LogP contribution in [0, 0.1) is 0 Å². The molecule has 0 saturated carbocycles. The molecule has 0 fully saturated rings. The molecule has 1 rings (SSSR count). The SMILES string of the molecule is C=CC(C)Sc1ccc(C(=O)O)o1. The topological polar surface area (TPSA) is 50.4 Å². The lowest BCUT2D eigenvalue weighted by Crippen LogP contribution is -1.91. The van der Waals surface area contributed by atoms with Crippen molar-refractivity contribution in [3.05, 3.63) is 30.5 Å². The molecule has 0 bridgehead atoms. The van der Waals surface area contributed by atoms with Gasteiger partial charge in [-0.05, 0) is 19.1 Å². The van der Waals surface area contributed by atoms with E-state index in [2.05, 4.69) is 6.58 Å². The first-order valence-corrected chi connectivity index (χ1v) is 4.64. The monoisotopic (exact) mass is 198 g/mol. The second kappa shape index (κ2) is 4.18. The van der Waals surface area contributed by atoms with Crippen molar-refractivity contribution in [2.24, 2.45) is 0 Å². The number of thioether (sulfide) groups is 1. The Bertz CT molecular complexity index is 316. The van der Waals surface area contributed by atoms with Gasteiger partial charge in [-0.15, -0.1) is 6.58 Å². The molecular weight excluding hydrogens is 188 g/mol. The van der Waals surface area contributed by atoms with Crippen molar-refractivity contribution < 1.29 is 14.3 Å². The molecule has 0 radical (unpaired) electrons. The predicted molar refractivity (Wildman–Crippen MR) is 51.2 cm³/mol. The molecule has 70 valence electrons. The van der Waals surface area contributed by atoms with Gasteiger partial charge in [0.25, 0.3) is 0 Å². The Kier molecular flexibility index (Phi) is 3.19. The Hall–Kier alpha value is -1.16. The van der Waals surface area contributed by atoms with E-state index < -0.39 is 5.97 Å². The molecule has 0 aliphatic heterocycles. The third kappa shape index (κ3) is 2.66. The van der Waals surface area contributed by atoms with E-state index in [9.17, 15) is 4.79 Å². The Balaban J connectivity index is 2.69. The Labute approximate surface area is 80.4 Å². The maximum Gasteiger partial charge on any atom is 0.371 e. The van der Waals surface area contributed by atoms with Crippen LogP contribution in [0.4, 0.5) is 0 Å². The fourth-order valence-corrected chi connectivity index (χ4v) is 1.48. The summed E-state index contributed by atoms with van der Waals surface area (Å²) in [6, 6.07) is 3.09. The van der Waals surface area contributed by atoms with Crippen molar-refractivity contribution in [2.75, 3.05) is 0 Å². The molecule has 0 aliphatic carbocycles. The number of carbonyl (C=O) groups is 1. The summed E-state index contributed by atoms with van der Waals surface area (Å²) in [6.07, 6.45) is 1.77. The van der Waals surface area contributed by atoms with Crippen LogP contribution >= 0.6 is 11.8 Å². The van der Waals surface area contributed by atoms with Crippen LogP contribution in [0.2, 0.25) is 0 Å². The quantitative estimate of drug-likeness (QED) is 0.597. The van der Waals surface area contributed by atoms with Gasteiger partial charge in [-0.3, -0.25) is 0 Å². The molecule has 0 spiro atoms. The minimum atomic E-state index is -1.04. The van der Waals surface area contributed by atoms with Gasteiger partial charge >= 0.3 is 5.97 Å². The minimum Gasteiger partial charge on any atom is -0.475 e. The lowest BCUT2D eigenvalue weighted by atomic mass is 10.5. The van der Waals surface area contributed by atoms with E-state index in [1.54, 1.807) is 12.1 Å². The Morgan fingerprint density at radius 2 is 2.46 bits per heavy atom. The number of rotatable bonds is 4. The molecule has 1 unspecified atom stereocenters. The number of hydrogen-bond acceptors (Lipinski definition) is 3. The lowest BCUT2D eigenvalue weighted by Gasteiger charge is -2.00. The highest BCUT2D eigenvalue weighted by Crippen LogP contribution is 2.25. The van der Waals surface area contributed by atoms with Crippen LogP contribution in [0.3, 0.4) is 0 Å². The van der Waals surface area contributed by atoms with Gasteiger partial charge in [-0.25, -0.2) is 4.79 Å². The minimum absolute atomic E-state index is 0.0289. The van der Waals surface area contributed by atoms with Gasteiger partial charge in [0.1, 0.15) is 0 Å². The zero-order valence-corrected chi connectivity index (χ0v) is 8.00. The van der Waals surface area contributed by atoms with Crippen LogP contribution in [0.25, 0.3) is 0 Å². The first kappa shape index (κ1) is 9.92. The van der Waals surface area contributed by atoms with Crippen LogP contribution in [0.1, 0.15) is 17.5 Å². The summed E-state index contributed by atoms with van der Waals surface area (Å²) in [5, 5.41) is 9.38. The third-order valence-corrected chi connectivity index (χ3v) is 2.44. The van der Waals surface area contributed by atoms with Crippen molar-refractivity contribution in [1.82, 2.24) is 0 Å². The number of aromatic carboxylic acids is 1. The van der Waals surface area contributed by atoms with Gasteiger partial charge in [-0.1, -0.05) is 17.8 Å². The van der Waals surface area contributed by atoms with Gasteiger partial charge in [0.2, 0.25) is 5.76 Å². The number of carboxylic acid groups (broad SMARTS) is 1. The summed E-state index contributed by atoms with van der Waals surface area (Å²) in [7, 11) is 0. The van der Waals surface area contributed by atoms with E-state index in [1.807, 2.05) is 6.92 Å². The molecule has 0 saturated heterocycles. The van der Waals surface area contributed by atoms with E-state index in [0.29, 0.717) is 5.09 Å². The smallest absolute Gasteiger partial charge is 0.371 e. The zero-order chi connectivity index (χ0) is 9.84. The average molecular weight is 198 g/mol. The van der Waals surface area contributed by atoms with Crippen LogP contribution in [-0.4, -0.2) is 16.3 Å². The molecule has 1 aromatic rings. The van der Waals surface area contributed by atoms with E-state index in [-0.39, 0.29) is 11.0 Å². The summed E-state index contributed by atoms with van der Waals surface area (Å²) in [6.45, 7) is 5.58. The van der Waals surface area contributed by atoms with E-state index in [4.69, 9.17) is 9.52 Å². The molecule has 13 heavy (non-hydrogen) atoms. The molecule has 0 aromatic carbocycles. The first-order chi connectivity index (χ1) is 6.13. The summed E-state index contributed by atoms with van der Waals surface area (Å²) in [5.41, 5.74) is 0. The van der Waals surface area contributed by atoms with Gasteiger partial charge in [0.15, 0.2) is 5.09 Å². The second-order valence-corrected chi connectivity index (χ2v) is 3.86. The van der Waals surface area contributed by atoms with Crippen molar-refractivity contribution in [1.29, 1.82) is 0 Å². The third-order valence-electron chi connectivity index (χ3n) is 1.43. The van der Waals surface area contributed by atoms with Crippen molar-refractivity contribution in [2.45, 2.75) is 17.3 Å². The van der Waals surface area contributed by atoms with Crippen LogP contribution in [-0.2, 0) is 0 Å². The zero-order valence-electron chi connectivity index (χ0n) is 7.19. The van der Waals surface area contributed by atoms with Gasteiger partial charge in [-0.2, -0.15) is 0 Å². The number of hydrogen-bond donors (Lipinski definition) is 1. The molecule has 1 aromatic heterocycles. The standard InChI is InChI=1S/C9H10O3S/c1-3-6(2)13-8-5-4-7(12-8)9(10)11/h3-6H,1H2,2H3,(H,10,11). The number of furan rings is 1. The van der Waals surface area contributed by atoms with E-state index in [1.165, 1.54) is 17.8 Å². The Morgan fingerprint density at radius 1 is 1.77 bits per heavy atom.